The van der Waals surface area contributed by atoms with Crippen molar-refractivity contribution >= 4 is 29.9 Å². The number of nitrogens with one attached hydrogen (secondary N) is 2. The molecule has 138 valence electrons. The van der Waals surface area contributed by atoms with Crippen molar-refractivity contribution in [2.24, 2.45) is 4.99 Å². The minimum atomic E-state index is 0. The van der Waals surface area contributed by atoms with Crippen molar-refractivity contribution < 1.29 is 4.42 Å². The van der Waals surface area contributed by atoms with Crippen molar-refractivity contribution in [2.75, 3.05) is 26.7 Å². The molecule has 0 saturated carbocycles. The number of aliphatic imine (C=N–C) groups is 1. The predicted octanol–water partition coefficient (Wildman–Crippen LogP) is 3.65. The van der Waals surface area contributed by atoms with Gasteiger partial charge < -0.3 is 15.1 Å². The second kappa shape index (κ2) is 11.9. The van der Waals surface area contributed by atoms with Crippen molar-refractivity contribution in [3.63, 3.8) is 0 Å². The molecule has 2 aromatic rings. The largest absolute Gasteiger partial charge is 0.467 e. The molecule has 1 aromatic carbocycles. The Balaban J connectivity index is 0.00000312. The van der Waals surface area contributed by atoms with Crippen LogP contribution in [0.15, 0.2) is 58.1 Å². The Labute approximate surface area is 167 Å². The summed E-state index contributed by atoms with van der Waals surface area (Å²) in [5.41, 5.74) is 1.31. The molecule has 1 atom stereocenters. The number of furan rings is 1. The van der Waals surface area contributed by atoms with Gasteiger partial charge in [-0.1, -0.05) is 44.2 Å². The molecule has 0 spiro atoms. The number of guanidine groups is 1. The Hall–Kier alpha value is -1.54. The van der Waals surface area contributed by atoms with Crippen molar-refractivity contribution in [3.8, 4) is 0 Å². The zero-order valence-corrected chi connectivity index (χ0v) is 17.6. The predicted molar refractivity (Wildman–Crippen MR) is 114 cm³/mol. The van der Waals surface area contributed by atoms with Crippen molar-refractivity contribution in [1.29, 1.82) is 0 Å². The molecule has 0 saturated heterocycles. The Morgan fingerprint density at radius 2 is 1.80 bits per heavy atom. The van der Waals surface area contributed by atoms with Gasteiger partial charge in [-0.3, -0.25) is 9.89 Å². The maximum absolute atomic E-state index is 5.34. The number of rotatable bonds is 8. The average Bonchev–Trinajstić information content (AvgIpc) is 3.15. The summed E-state index contributed by atoms with van der Waals surface area (Å²) >= 11 is 0. The molecular formula is C19H29IN4O. The fourth-order valence-electron chi connectivity index (χ4n) is 2.80. The highest BCUT2D eigenvalue weighted by Crippen LogP contribution is 2.19. The molecule has 1 unspecified atom stereocenters. The third-order valence-electron chi connectivity index (χ3n) is 4.13. The number of likely N-dealkylation sites (N-methyl/N-ethyl adjacent to an activating group) is 1. The van der Waals surface area contributed by atoms with E-state index in [1.165, 1.54) is 5.56 Å². The lowest BCUT2D eigenvalue weighted by Gasteiger charge is -2.30. The van der Waals surface area contributed by atoms with Crippen LogP contribution in [0.3, 0.4) is 0 Å². The third kappa shape index (κ3) is 6.70. The summed E-state index contributed by atoms with van der Waals surface area (Å²) in [7, 11) is 1.78. The van der Waals surface area contributed by atoms with Crippen LogP contribution in [-0.4, -0.2) is 37.5 Å². The van der Waals surface area contributed by atoms with Gasteiger partial charge in [-0.05, 0) is 30.8 Å². The van der Waals surface area contributed by atoms with Gasteiger partial charge in [-0.25, -0.2) is 0 Å². The molecular weight excluding hydrogens is 427 g/mol. The molecule has 0 radical (unpaired) electrons. The Morgan fingerprint density at radius 3 is 2.36 bits per heavy atom. The van der Waals surface area contributed by atoms with Crippen molar-refractivity contribution in [3.05, 3.63) is 60.1 Å². The average molecular weight is 456 g/mol. The summed E-state index contributed by atoms with van der Waals surface area (Å²) in [6.07, 6.45) is 1.68. The molecule has 1 heterocycles. The zero-order valence-electron chi connectivity index (χ0n) is 15.2. The van der Waals surface area contributed by atoms with E-state index in [0.29, 0.717) is 12.6 Å². The zero-order chi connectivity index (χ0) is 17.2. The van der Waals surface area contributed by atoms with E-state index in [4.69, 9.17) is 4.42 Å². The third-order valence-corrected chi connectivity index (χ3v) is 4.13. The Bertz CT molecular complexity index is 597. The van der Waals surface area contributed by atoms with E-state index in [1.54, 1.807) is 13.3 Å². The SMILES string of the molecule is CCN(CC)C(CNC(=NC)NCc1ccco1)c1ccccc1.I. The van der Waals surface area contributed by atoms with Gasteiger partial charge in [-0.15, -0.1) is 24.0 Å². The number of nitrogens with zero attached hydrogens (tertiary/aromatic N) is 2. The van der Waals surface area contributed by atoms with Crippen LogP contribution in [-0.2, 0) is 6.54 Å². The number of hydrogen-bond acceptors (Lipinski definition) is 3. The van der Waals surface area contributed by atoms with E-state index in [0.717, 1.165) is 31.4 Å². The monoisotopic (exact) mass is 456 g/mol. The summed E-state index contributed by atoms with van der Waals surface area (Å²) in [5, 5.41) is 6.72. The molecule has 0 aliphatic carbocycles. The molecule has 1 aromatic heterocycles. The molecule has 0 fully saturated rings. The lowest BCUT2D eigenvalue weighted by atomic mass is 10.1. The standard InChI is InChI=1S/C19H28N4O.HI/c1-4-23(5-2)18(16-10-7-6-8-11-16)15-22-19(20-3)21-14-17-12-9-13-24-17;/h6-13,18H,4-5,14-15H2,1-3H3,(H2,20,21,22);1H. The van der Waals surface area contributed by atoms with E-state index in [2.05, 4.69) is 64.7 Å². The van der Waals surface area contributed by atoms with E-state index in [9.17, 15) is 0 Å². The van der Waals surface area contributed by atoms with Crippen LogP contribution in [0, 0.1) is 0 Å². The van der Waals surface area contributed by atoms with Crippen LogP contribution in [0.1, 0.15) is 31.2 Å². The Morgan fingerprint density at radius 1 is 1.08 bits per heavy atom. The van der Waals surface area contributed by atoms with Crippen LogP contribution >= 0.6 is 24.0 Å². The van der Waals surface area contributed by atoms with Crippen LogP contribution in [0.25, 0.3) is 0 Å². The van der Waals surface area contributed by atoms with Crippen molar-refractivity contribution in [1.82, 2.24) is 15.5 Å². The minimum Gasteiger partial charge on any atom is -0.467 e. The van der Waals surface area contributed by atoms with Gasteiger partial charge in [0.25, 0.3) is 0 Å². The summed E-state index contributed by atoms with van der Waals surface area (Å²) < 4.78 is 5.34. The van der Waals surface area contributed by atoms with E-state index >= 15 is 0 Å². The maximum atomic E-state index is 5.34. The maximum Gasteiger partial charge on any atom is 0.191 e. The molecule has 0 amide bonds. The first-order chi connectivity index (χ1) is 11.8. The van der Waals surface area contributed by atoms with Gasteiger partial charge in [-0.2, -0.15) is 0 Å². The van der Waals surface area contributed by atoms with Gasteiger partial charge in [0.1, 0.15) is 5.76 Å². The molecule has 5 nitrogen and oxygen atoms in total. The van der Waals surface area contributed by atoms with Crippen molar-refractivity contribution in [2.45, 2.75) is 26.4 Å². The summed E-state index contributed by atoms with van der Waals surface area (Å²) in [6, 6.07) is 14.8. The van der Waals surface area contributed by atoms with Crippen LogP contribution in [0.4, 0.5) is 0 Å². The van der Waals surface area contributed by atoms with Gasteiger partial charge in [0, 0.05) is 13.6 Å². The van der Waals surface area contributed by atoms with Gasteiger partial charge in [0.15, 0.2) is 5.96 Å². The molecule has 0 aliphatic heterocycles. The van der Waals surface area contributed by atoms with Gasteiger partial charge >= 0.3 is 0 Å². The second-order valence-corrected chi connectivity index (χ2v) is 5.53. The minimum absolute atomic E-state index is 0. The first kappa shape index (κ1) is 21.5. The first-order valence-electron chi connectivity index (χ1n) is 8.54. The Kier molecular flexibility index (Phi) is 10.3. The lowest BCUT2D eigenvalue weighted by Crippen LogP contribution is -2.43. The highest BCUT2D eigenvalue weighted by Gasteiger charge is 2.18. The number of hydrogen-bond donors (Lipinski definition) is 2. The summed E-state index contributed by atoms with van der Waals surface area (Å²) in [6.45, 7) is 7.83. The fraction of sp³-hybridized carbons (Fsp3) is 0.421. The first-order valence-corrected chi connectivity index (χ1v) is 8.54. The topological polar surface area (TPSA) is 52.8 Å². The number of benzene rings is 1. The van der Waals surface area contributed by atoms with Crippen LogP contribution in [0.5, 0.6) is 0 Å². The summed E-state index contributed by atoms with van der Waals surface area (Å²) in [5.74, 6) is 1.67. The highest BCUT2D eigenvalue weighted by molar-refractivity contribution is 14.0. The van der Waals surface area contributed by atoms with E-state index in [-0.39, 0.29) is 24.0 Å². The molecule has 0 aliphatic rings. The quantitative estimate of drug-likeness (QED) is 0.362. The normalized spacial score (nSPS) is 12.6. The summed E-state index contributed by atoms with van der Waals surface area (Å²) in [4.78, 5) is 6.74. The second-order valence-electron chi connectivity index (χ2n) is 5.53. The molecule has 2 N–H and O–H groups in total. The smallest absolute Gasteiger partial charge is 0.191 e. The molecule has 2 rings (SSSR count). The number of halogens is 1. The molecule has 6 heteroatoms. The van der Waals surface area contributed by atoms with E-state index in [1.807, 2.05) is 12.1 Å². The lowest BCUT2D eigenvalue weighted by molar-refractivity contribution is 0.219. The van der Waals surface area contributed by atoms with Gasteiger partial charge in [0.2, 0.25) is 0 Å². The van der Waals surface area contributed by atoms with Crippen LogP contribution < -0.4 is 10.6 Å². The van der Waals surface area contributed by atoms with Crippen LogP contribution in [0.2, 0.25) is 0 Å². The fourth-order valence-corrected chi connectivity index (χ4v) is 2.80. The highest BCUT2D eigenvalue weighted by atomic mass is 127. The molecule has 25 heavy (non-hydrogen) atoms. The van der Waals surface area contributed by atoms with E-state index < -0.39 is 0 Å². The molecule has 0 bridgehead atoms. The van der Waals surface area contributed by atoms with Gasteiger partial charge in [0.05, 0.1) is 18.8 Å².